The summed E-state index contributed by atoms with van der Waals surface area (Å²) in [4.78, 5) is 24.3. The summed E-state index contributed by atoms with van der Waals surface area (Å²) in [7, 11) is 1.36. The molecule has 0 bridgehead atoms. The molecule has 3 aromatic rings. The summed E-state index contributed by atoms with van der Waals surface area (Å²) in [5.74, 6) is -1.19. The lowest BCUT2D eigenvalue weighted by atomic mass is 10.1. The number of anilines is 1. The number of carbonyl (C=O) groups is 2. The van der Waals surface area contributed by atoms with Gasteiger partial charge in [0.2, 0.25) is 0 Å². The number of carbonyl (C=O) groups excluding carboxylic acids is 2. The highest BCUT2D eigenvalue weighted by Gasteiger charge is 2.30. The van der Waals surface area contributed by atoms with Crippen LogP contribution in [0, 0.1) is 5.82 Å². The van der Waals surface area contributed by atoms with Crippen LogP contribution < -0.4 is 20.1 Å². The molecule has 178 valence electrons. The van der Waals surface area contributed by atoms with Gasteiger partial charge in [-0.25, -0.2) is 4.39 Å². The van der Waals surface area contributed by atoms with Crippen LogP contribution in [0.2, 0.25) is 0 Å². The van der Waals surface area contributed by atoms with Gasteiger partial charge in [0, 0.05) is 17.8 Å². The zero-order chi connectivity index (χ0) is 24.7. The fraction of sp³-hybridized carbons (Fsp3) is 0.167. The molecule has 0 unspecified atom stereocenters. The van der Waals surface area contributed by atoms with Gasteiger partial charge in [0.1, 0.15) is 5.75 Å². The van der Waals surface area contributed by atoms with E-state index in [-0.39, 0.29) is 23.7 Å². The summed E-state index contributed by atoms with van der Waals surface area (Å²) in [5, 5.41) is 5.00. The number of hydrogen-bond acceptors (Lipinski definition) is 4. The Labute approximate surface area is 192 Å². The molecule has 0 spiro atoms. The highest BCUT2D eigenvalue weighted by atomic mass is 19.4. The van der Waals surface area contributed by atoms with Gasteiger partial charge in [-0.1, -0.05) is 12.1 Å². The van der Waals surface area contributed by atoms with Crippen LogP contribution in [-0.4, -0.2) is 25.5 Å². The van der Waals surface area contributed by atoms with E-state index in [4.69, 9.17) is 9.47 Å². The van der Waals surface area contributed by atoms with Crippen molar-refractivity contribution >= 4 is 17.5 Å². The van der Waals surface area contributed by atoms with Gasteiger partial charge in [-0.2, -0.15) is 13.2 Å². The maximum absolute atomic E-state index is 13.7. The Kier molecular flexibility index (Phi) is 7.72. The normalized spacial score (nSPS) is 11.0. The zero-order valence-corrected chi connectivity index (χ0v) is 17.9. The first kappa shape index (κ1) is 24.6. The van der Waals surface area contributed by atoms with Gasteiger partial charge < -0.3 is 20.1 Å². The van der Waals surface area contributed by atoms with Crippen molar-refractivity contribution in [2.24, 2.45) is 0 Å². The fourth-order valence-corrected chi connectivity index (χ4v) is 2.93. The van der Waals surface area contributed by atoms with E-state index < -0.39 is 36.0 Å². The third-order valence-electron chi connectivity index (χ3n) is 4.63. The van der Waals surface area contributed by atoms with Crippen molar-refractivity contribution in [1.29, 1.82) is 0 Å². The minimum absolute atomic E-state index is 0.00724. The van der Waals surface area contributed by atoms with Crippen molar-refractivity contribution < 1.29 is 36.6 Å². The van der Waals surface area contributed by atoms with Crippen LogP contribution in [0.3, 0.4) is 0 Å². The third kappa shape index (κ3) is 6.71. The van der Waals surface area contributed by atoms with E-state index in [1.54, 1.807) is 6.07 Å². The van der Waals surface area contributed by atoms with Crippen LogP contribution >= 0.6 is 0 Å². The highest BCUT2D eigenvalue weighted by Crippen LogP contribution is 2.30. The lowest BCUT2D eigenvalue weighted by Crippen LogP contribution is -2.23. The number of alkyl halides is 3. The second-order valence-electron chi connectivity index (χ2n) is 7.09. The Balaban J connectivity index is 1.49. The van der Waals surface area contributed by atoms with E-state index in [1.165, 1.54) is 55.6 Å². The number of amides is 2. The van der Waals surface area contributed by atoms with E-state index in [0.29, 0.717) is 11.1 Å². The molecule has 3 rings (SSSR count). The average molecular weight is 476 g/mol. The molecule has 3 aromatic carbocycles. The maximum Gasteiger partial charge on any atom is 0.416 e. The smallest absolute Gasteiger partial charge is 0.416 e. The standard InChI is InChI=1S/C24H20F4N2O4/c1-33-21-10-5-15(11-20(21)25)13-29-23(32)16-6-8-19(9-7-16)34-14-22(31)30-18-4-2-3-17(12-18)24(26,27)28/h2-12H,13-14H2,1H3,(H,29,32)(H,30,31). The van der Waals surface area contributed by atoms with E-state index in [2.05, 4.69) is 10.6 Å². The Morgan fingerprint density at radius 3 is 2.35 bits per heavy atom. The lowest BCUT2D eigenvalue weighted by Gasteiger charge is -2.11. The van der Waals surface area contributed by atoms with Gasteiger partial charge in [-0.05, 0) is 60.2 Å². The lowest BCUT2D eigenvalue weighted by molar-refractivity contribution is -0.137. The SMILES string of the molecule is COc1ccc(CNC(=O)c2ccc(OCC(=O)Nc3cccc(C(F)(F)F)c3)cc2)cc1F. The van der Waals surface area contributed by atoms with Gasteiger partial charge in [-0.3, -0.25) is 9.59 Å². The van der Waals surface area contributed by atoms with E-state index in [0.717, 1.165) is 12.1 Å². The minimum atomic E-state index is -4.52. The molecule has 0 aliphatic rings. The van der Waals surface area contributed by atoms with Crippen molar-refractivity contribution in [3.8, 4) is 11.5 Å². The summed E-state index contributed by atoms with van der Waals surface area (Å²) in [5.41, 5.74) is -0.0162. The van der Waals surface area contributed by atoms with Crippen LogP contribution in [0.1, 0.15) is 21.5 Å². The zero-order valence-electron chi connectivity index (χ0n) is 17.9. The molecule has 0 saturated carbocycles. The van der Waals surface area contributed by atoms with Crippen LogP contribution in [0.4, 0.5) is 23.2 Å². The average Bonchev–Trinajstić information content (AvgIpc) is 2.81. The van der Waals surface area contributed by atoms with Crippen LogP contribution in [0.5, 0.6) is 11.5 Å². The molecule has 10 heteroatoms. The number of hydrogen-bond donors (Lipinski definition) is 2. The van der Waals surface area contributed by atoms with Gasteiger partial charge in [-0.15, -0.1) is 0 Å². The van der Waals surface area contributed by atoms with Crippen molar-refractivity contribution in [3.63, 3.8) is 0 Å². The summed E-state index contributed by atoms with van der Waals surface area (Å²) >= 11 is 0. The number of rotatable bonds is 8. The number of benzene rings is 3. The summed E-state index contributed by atoms with van der Waals surface area (Å²) in [6, 6.07) is 14.5. The molecule has 0 heterocycles. The molecule has 0 fully saturated rings. The van der Waals surface area contributed by atoms with Gasteiger partial charge in [0.05, 0.1) is 12.7 Å². The second kappa shape index (κ2) is 10.7. The largest absolute Gasteiger partial charge is 0.494 e. The monoisotopic (exact) mass is 476 g/mol. The van der Waals surface area contributed by atoms with Gasteiger partial charge in [0.15, 0.2) is 18.2 Å². The molecular weight excluding hydrogens is 456 g/mol. The number of methoxy groups -OCH3 is 1. The van der Waals surface area contributed by atoms with Crippen molar-refractivity contribution in [1.82, 2.24) is 5.32 Å². The van der Waals surface area contributed by atoms with Crippen molar-refractivity contribution in [2.75, 3.05) is 19.0 Å². The first-order valence-corrected chi connectivity index (χ1v) is 9.96. The van der Waals surface area contributed by atoms with Crippen LogP contribution in [0.15, 0.2) is 66.7 Å². The molecule has 2 amide bonds. The molecule has 0 saturated heterocycles. The van der Waals surface area contributed by atoms with Crippen LogP contribution in [0.25, 0.3) is 0 Å². The maximum atomic E-state index is 13.7. The van der Waals surface area contributed by atoms with Gasteiger partial charge in [0.25, 0.3) is 11.8 Å². The number of nitrogens with one attached hydrogen (secondary N) is 2. The summed E-state index contributed by atoms with van der Waals surface area (Å²) < 4.78 is 62.2. The molecule has 0 aromatic heterocycles. The molecule has 2 N–H and O–H groups in total. The van der Waals surface area contributed by atoms with Crippen molar-refractivity contribution in [2.45, 2.75) is 12.7 Å². The quantitative estimate of drug-likeness (QED) is 0.458. The predicted molar refractivity (Wildman–Crippen MR) is 116 cm³/mol. The van der Waals surface area contributed by atoms with E-state index in [9.17, 15) is 27.2 Å². The number of ether oxygens (including phenoxy) is 2. The minimum Gasteiger partial charge on any atom is -0.494 e. The predicted octanol–water partition coefficient (Wildman–Crippen LogP) is 4.80. The first-order chi connectivity index (χ1) is 16.2. The molecule has 34 heavy (non-hydrogen) atoms. The fourth-order valence-electron chi connectivity index (χ4n) is 2.93. The highest BCUT2D eigenvalue weighted by molar-refractivity contribution is 5.94. The molecular formula is C24H20F4N2O4. The summed E-state index contributed by atoms with van der Waals surface area (Å²) in [6.07, 6.45) is -4.52. The Hall–Kier alpha value is -4.08. The van der Waals surface area contributed by atoms with E-state index >= 15 is 0 Å². The molecule has 0 aliphatic heterocycles. The van der Waals surface area contributed by atoms with E-state index in [1.807, 2.05) is 0 Å². The third-order valence-corrected chi connectivity index (χ3v) is 4.63. The summed E-state index contributed by atoms with van der Waals surface area (Å²) in [6.45, 7) is -0.335. The molecule has 0 atom stereocenters. The number of halogens is 4. The molecule has 6 nitrogen and oxygen atoms in total. The first-order valence-electron chi connectivity index (χ1n) is 9.96. The Morgan fingerprint density at radius 2 is 1.71 bits per heavy atom. The Morgan fingerprint density at radius 1 is 0.971 bits per heavy atom. The topological polar surface area (TPSA) is 76.7 Å². The Bertz CT molecular complexity index is 1160. The van der Waals surface area contributed by atoms with Crippen LogP contribution in [-0.2, 0) is 17.5 Å². The molecule has 0 aliphatic carbocycles. The van der Waals surface area contributed by atoms with Crippen molar-refractivity contribution in [3.05, 3.63) is 89.2 Å². The van der Waals surface area contributed by atoms with Gasteiger partial charge >= 0.3 is 6.18 Å². The second-order valence-corrected chi connectivity index (χ2v) is 7.09. The molecule has 0 radical (unpaired) electrons.